The van der Waals surface area contributed by atoms with Gasteiger partial charge in [0.15, 0.2) is 0 Å². The van der Waals surface area contributed by atoms with Crippen LogP contribution in [0.15, 0.2) is 36.4 Å². The first-order valence-electron chi connectivity index (χ1n) is 5.76. The maximum atomic E-state index is 5.84. The zero-order valence-corrected chi connectivity index (χ0v) is 10.5. The number of rotatable bonds is 2. The van der Waals surface area contributed by atoms with E-state index in [-0.39, 0.29) is 0 Å². The van der Waals surface area contributed by atoms with E-state index in [2.05, 4.69) is 43.4 Å². The molecule has 0 saturated carbocycles. The molecule has 2 aromatic rings. The van der Waals surface area contributed by atoms with Crippen LogP contribution in [0.2, 0.25) is 0 Å². The molecule has 0 heterocycles. The fourth-order valence-electron chi connectivity index (χ4n) is 1.93. The predicted molar refractivity (Wildman–Crippen MR) is 74.8 cm³/mol. The van der Waals surface area contributed by atoms with Crippen LogP contribution in [0.1, 0.15) is 16.7 Å². The SMILES string of the molecule is Cc1cc(N)cc(Nc2cccc(C)c2C)c1. The highest BCUT2D eigenvalue weighted by Crippen LogP contribution is 2.24. The summed E-state index contributed by atoms with van der Waals surface area (Å²) in [6.07, 6.45) is 0. The van der Waals surface area contributed by atoms with Gasteiger partial charge < -0.3 is 11.1 Å². The average Bonchev–Trinajstić information content (AvgIpc) is 2.23. The molecule has 2 rings (SSSR count). The van der Waals surface area contributed by atoms with Crippen molar-refractivity contribution in [1.29, 1.82) is 0 Å². The molecule has 2 aromatic carbocycles. The normalized spacial score (nSPS) is 10.3. The van der Waals surface area contributed by atoms with Crippen LogP contribution in [0.5, 0.6) is 0 Å². The molecular formula is C15H18N2. The van der Waals surface area contributed by atoms with Gasteiger partial charge in [-0.3, -0.25) is 0 Å². The van der Waals surface area contributed by atoms with E-state index in [1.807, 2.05) is 19.1 Å². The number of nitrogens with two attached hydrogens (primary N) is 1. The second kappa shape index (κ2) is 4.50. The summed E-state index contributed by atoms with van der Waals surface area (Å²) >= 11 is 0. The van der Waals surface area contributed by atoms with Gasteiger partial charge >= 0.3 is 0 Å². The largest absolute Gasteiger partial charge is 0.399 e. The van der Waals surface area contributed by atoms with Gasteiger partial charge in [-0.1, -0.05) is 12.1 Å². The molecule has 3 N–H and O–H groups in total. The van der Waals surface area contributed by atoms with E-state index >= 15 is 0 Å². The van der Waals surface area contributed by atoms with E-state index in [4.69, 9.17) is 5.73 Å². The van der Waals surface area contributed by atoms with Crippen LogP contribution in [0.4, 0.5) is 17.1 Å². The van der Waals surface area contributed by atoms with Gasteiger partial charge in [0.2, 0.25) is 0 Å². The van der Waals surface area contributed by atoms with Crippen LogP contribution in [-0.4, -0.2) is 0 Å². The second-order valence-corrected chi connectivity index (χ2v) is 4.50. The topological polar surface area (TPSA) is 38.0 Å². The van der Waals surface area contributed by atoms with Crippen LogP contribution < -0.4 is 11.1 Å². The third-order valence-corrected chi connectivity index (χ3v) is 2.98. The third kappa shape index (κ3) is 2.59. The van der Waals surface area contributed by atoms with Gasteiger partial charge in [-0.2, -0.15) is 0 Å². The predicted octanol–water partition coefficient (Wildman–Crippen LogP) is 3.94. The summed E-state index contributed by atoms with van der Waals surface area (Å²) in [4.78, 5) is 0. The molecule has 0 bridgehead atoms. The molecule has 0 fully saturated rings. The lowest BCUT2D eigenvalue weighted by molar-refractivity contribution is 1.33. The number of aryl methyl sites for hydroxylation is 2. The molecule has 0 spiro atoms. The highest BCUT2D eigenvalue weighted by Gasteiger charge is 2.02. The summed E-state index contributed by atoms with van der Waals surface area (Å²) in [7, 11) is 0. The van der Waals surface area contributed by atoms with Gasteiger partial charge in [-0.25, -0.2) is 0 Å². The van der Waals surface area contributed by atoms with Crippen LogP contribution in [0.3, 0.4) is 0 Å². The fourth-order valence-corrected chi connectivity index (χ4v) is 1.93. The van der Waals surface area contributed by atoms with Crippen LogP contribution in [-0.2, 0) is 0 Å². The Morgan fingerprint density at radius 3 is 2.47 bits per heavy atom. The van der Waals surface area contributed by atoms with E-state index in [0.717, 1.165) is 22.6 Å². The van der Waals surface area contributed by atoms with E-state index in [9.17, 15) is 0 Å². The summed E-state index contributed by atoms with van der Waals surface area (Å²) in [5.74, 6) is 0. The van der Waals surface area contributed by atoms with Gasteiger partial charge in [-0.05, 0) is 61.7 Å². The summed E-state index contributed by atoms with van der Waals surface area (Å²) in [6.45, 7) is 6.28. The molecule has 0 unspecified atom stereocenters. The Morgan fingerprint density at radius 2 is 1.76 bits per heavy atom. The highest BCUT2D eigenvalue weighted by molar-refractivity contribution is 5.67. The Kier molecular flexibility index (Phi) is 3.05. The molecule has 0 amide bonds. The van der Waals surface area contributed by atoms with Crippen LogP contribution in [0.25, 0.3) is 0 Å². The van der Waals surface area contributed by atoms with Crippen molar-refractivity contribution in [2.24, 2.45) is 0 Å². The van der Waals surface area contributed by atoms with E-state index < -0.39 is 0 Å². The molecule has 0 atom stereocenters. The first kappa shape index (κ1) is 11.5. The first-order chi connectivity index (χ1) is 8.06. The minimum atomic E-state index is 0.790. The van der Waals surface area contributed by atoms with Crippen molar-refractivity contribution in [2.45, 2.75) is 20.8 Å². The van der Waals surface area contributed by atoms with Crippen molar-refractivity contribution < 1.29 is 0 Å². The van der Waals surface area contributed by atoms with Crippen molar-refractivity contribution >= 4 is 17.1 Å². The lowest BCUT2D eigenvalue weighted by Crippen LogP contribution is -1.96. The Balaban J connectivity index is 2.34. The molecular weight excluding hydrogens is 208 g/mol. The smallest absolute Gasteiger partial charge is 0.0416 e. The summed E-state index contributed by atoms with van der Waals surface area (Å²) in [6, 6.07) is 12.3. The fraction of sp³-hybridized carbons (Fsp3) is 0.200. The number of hydrogen-bond acceptors (Lipinski definition) is 2. The Morgan fingerprint density at radius 1 is 1.00 bits per heavy atom. The van der Waals surface area contributed by atoms with Gasteiger partial charge in [0.05, 0.1) is 0 Å². The monoisotopic (exact) mass is 226 g/mol. The first-order valence-corrected chi connectivity index (χ1v) is 5.76. The number of hydrogen-bond donors (Lipinski definition) is 2. The summed E-state index contributed by atoms with van der Waals surface area (Å²) < 4.78 is 0. The third-order valence-electron chi connectivity index (χ3n) is 2.98. The quantitative estimate of drug-likeness (QED) is 0.761. The molecule has 0 aliphatic heterocycles. The van der Waals surface area contributed by atoms with Gasteiger partial charge in [-0.15, -0.1) is 0 Å². The Bertz CT molecular complexity index is 524. The van der Waals surface area contributed by atoms with Gasteiger partial charge in [0.1, 0.15) is 0 Å². The standard InChI is InChI=1S/C15H18N2/c1-10-7-13(16)9-14(8-10)17-15-6-4-5-11(2)12(15)3/h4-9,17H,16H2,1-3H3. The Hall–Kier alpha value is -1.96. The van der Waals surface area contributed by atoms with Crippen molar-refractivity contribution in [3.8, 4) is 0 Å². The van der Waals surface area contributed by atoms with Crippen molar-refractivity contribution in [1.82, 2.24) is 0 Å². The zero-order chi connectivity index (χ0) is 12.4. The molecule has 2 nitrogen and oxygen atoms in total. The van der Waals surface area contributed by atoms with Gasteiger partial charge in [0.25, 0.3) is 0 Å². The maximum absolute atomic E-state index is 5.84. The lowest BCUT2D eigenvalue weighted by Gasteiger charge is -2.12. The molecule has 0 aliphatic rings. The highest BCUT2D eigenvalue weighted by atomic mass is 14.9. The molecule has 0 saturated heterocycles. The lowest BCUT2D eigenvalue weighted by atomic mass is 10.1. The summed E-state index contributed by atoms with van der Waals surface area (Å²) in [5.41, 5.74) is 12.5. The molecule has 0 aliphatic carbocycles. The van der Waals surface area contributed by atoms with Crippen molar-refractivity contribution in [3.63, 3.8) is 0 Å². The van der Waals surface area contributed by atoms with Crippen LogP contribution in [0, 0.1) is 20.8 Å². The van der Waals surface area contributed by atoms with E-state index in [0.29, 0.717) is 0 Å². The Labute approximate surface area is 102 Å². The van der Waals surface area contributed by atoms with E-state index in [1.165, 1.54) is 11.1 Å². The number of nitrogen functional groups attached to an aromatic ring is 1. The number of anilines is 3. The number of nitrogens with one attached hydrogen (secondary N) is 1. The maximum Gasteiger partial charge on any atom is 0.0416 e. The van der Waals surface area contributed by atoms with Crippen molar-refractivity contribution in [3.05, 3.63) is 53.1 Å². The molecule has 0 aromatic heterocycles. The van der Waals surface area contributed by atoms with Crippen molar-refractivity contribution in [2.75, 3.05) is 11.1 Å². The van der Waals surface area contributed by atoms with E-state index in [1.54, 1.807) is 0 Å². The minimum absolute atomic E-state index is 0.790. The number of benzene rings is 2. The van der Waals surface area contributed by atoms with Gasteiger partial charge in [0, 0.05) is 17.1 Å². The zero-order valence-electron chi connectivity index (χ0n) is 10.5. The average molecular weight is 226 g/mol. The second-order valence-electron chi connectivity index (χ2n) is 4.50. The molecule has 88 valence electrons. The molecule has 2 heteroatoms. The van der Waals surface area contributed by atoms with Crippen LogP contribution >= 0.6 is 0 Å². The molecule has 0 radical (unpaired) electrons. The minimum Gasteiger partial charge on any atom is -0.399 e. The summed E-state index contributed by atoms with van der Waals surface area (Å²) in [5, 5.41) is 3.41. The molecule has 17 heavy (non-hydrogen) atoms.